The summed E-state index contributed by atoms with van der Waals surface area (Å²) in [6, 6.07) is 54.1. The summed E-state index contributed by atoms with van der Waals surface area (Å²) in [4.78, 5) is 14.9. The predicted molar refractivity (Wildman–Crippen MR) is 201 cm³/mol. The topological polar surface area (TPSA) is 38.7 Å². The maximum atomic E-state index is 5.01. The highest BCUT2D eigenvalue weighted by molar-refractivity contribution is 6.18. The molecular formula is C46H31N3. The predicted octanol–water partition coefficient (Wildman–Crippen LogP) is 11.6. The number of fused-ring (bicyclic) bond motifs is 2. The first-order valence-electron chi connectivity index (χ1n) is 16.9. The molecule has 3 nitrogen and oxygen atoms in total. The van der Waals surface area contributed by atoms with Crippen molar-refractivity contribution >= 4 is 10.8 Å². The Balaban J connectivity index is 1.18. The van der Waals surface area contributed by atoms with Crippen LogP contribution in [0.2, 0.25) is 0 Å². The minimum absolute atomic E-state index is 0.0434. The van der Waals surface area contributed by atoms with E-state index in [9.17, 15) is 0 Å². The van der Waals surface area contributed by atoms with Crippen molar-refractivity contribution < 1.29 is 0 Å². The largest absolute Gasteiger partial charge is 0.208 e. The molecule has 0 bridgehead atoms. The SMILES string of the molecule is CC1(C)c2cccc3c2-c2c(cccc21)-c1ccc(-c2cccc(-c4nc(-c5ccccc5)nc(-c5ccccc5)n4)c2)c2cccc-3c12. The Bertz CT molecular complexity index is 2500. The lowest BCUT2D eigenvalue weighted by molar-refractivity contribution is 0.660. The summed E-state index contributed by atoms with van der Waals surface area (Å²) in [7, 11) is 0. The Labute approximate surface area is 285 Å². The molecule has 7 aromatic carbocycles. The Kier molecular flexibility index (Phi) is 5.92. The molecule has 1 aromatic heterocycles. The molecule has 2 aliphatic carbocycles. The Morgan fingerprint density at radius 3 is 1.43 bits per heavy atom. The molecule has 0 radical (unpaired) electrons. The van der Waals surface area contributed by atoms with Gasteiger partial charge in [-0.2, -0.15) is 0 Å². The standard InChI is InChI=1S/C46H31N3/c1-46(2)38-23-11-21-35-34-20-10-19-33-32(25-26-37(40(33)34)36-22-12-24-39(46)42(36)41(35)38)30-17-9-18-31(27-30)45-48-43(28-13-5-3-6-14-28)47-44(49-45)29-15-7-4-8-16-29/h3-27H,1-2H3. The number of benzene rings is 7. The molecule has 230 valence electrons. The highest BCUT2D eigenvalue weighted by atomic mass is 15.0. The van der Waals surface area contributed by atoms with Gasteiger partial charge in [0.15, 0.2) is 17.5 Å². The molecule has 0 unspecified atom stereocenters. The van der Waals surface area contributed by atoms with Crippen molar-refractivity contribution in [2.75, 3.05) is 0 Å². The van der Waals surface area contributed by atoms with Gasteiger partial charge in [-0.25, -0.2) is 15.0 Å². The van der Waals surface area contributed by atoms with Gasteiger partial charge < -0.3 is 0 Å². The quantitative estimate of drug-likeness (QED) is 0.195. The zero-order valence-corrected chi connectivity index (χ0v) is 27.3. The lowest BCUT2D eigenvalue weighted by Crippen LogP contribution is -2.15. The summed E-state index contributed by atoms with van der Waals surface area (Å²) in [5.41, 5.74) is 16.0. The minimum Gasteiger partial charge on any atom is -0.208 e. The van der Waals surface area contributed by atoms with Crippen molar-refractivity contribution in [1.29, 1.82) is 0 Å². The first-order valence-corrected chi connectivity index (χ1v) is 16.9. The van der Waals surface area contributed by atoms with Crippen molar-refractivity contribution in [3.63, 3.8) is 0 Å². The van der Waals surface area contributed by atoms with Gasteiger partial charge in [0.05, 0.1) is 0 Å². The summed E-state index contributed by atoms with van der Waals surface area (Å²) in [6.45, 7) is 4.73. The second-order valence-electron chi connectivity index (χ2n) is 13.6. The zero-order valence-electron chi connectivity index (χ0n) is 27.3. The van der Waals surface area contributed by atoms with Gasteiger partial charge in [0.1, 0.15) is 0 Å². The van der Waals surface area contributed by atoms with E-state index in [1.165, 1.54) is 60.8 Å². The Hall–Kier alpha value is -6.19. The van der Waals surface area contributed by atoms with E-state index in [-0.39, 0.29) is 5.41 Å². The zero-order chi connectivity index (χ0) is 32.7. The van der Waals surface area contributed by atoms with Gasteiger partial charge in [-0.3, -0.25) is 0 Å². The number of hydrogen-bond acceptors (Lipinski definition) is 3. The monoisotopic (exact) mass is 625 g/mol. The molecule has 8 aromatic rings. The van der Waals surface area contributed by atoms with E-state index >= 15 is 0 Å². The average Bonchev–Trinajstić information content (AvgIpc) is 3.32. The Morgan fingerprint density at radius 2 is 0.816 bits per heavy atom. The van der Waals surface area contributed by atoms with Crippen molar-refractivity contribution in [2.24, 2.45) is 0 Å². The minimum atomic E-state index is -0.0434. The second-order valence-corrected chi connectivity index (χ2v) is 13.6. The van der Waals surface area contributed by atoms with E-state index in [0.29, 0.717) is 17.5 Å². The number of aromatic nitrogens is 3. The molecule has 0 saturated heterocycles. The highest BCUT2D eigenvalue weighted by Gasteiger charge is 2.40. The van der Waals surface area contributed by atoms with Crippen LogP contribution in [0.5, 0.6) is 0 Å². The average molecular weight is 626 g/mol. The molecule has 10 rings (SSSR count). The third-order valence-corrected chi connectivity index (χ3v) is 10.5. The molecule has 0 fully saturated rings. The van der Waals surface area contributed by atoms with Gasteiger partial charge in [0, 0.05) is 22.1 Å². The first-order chi connectivity index (χ1) is 24.1. The molecule has 2 aliphatic rings. The number of hydrogen-bond donors (Lipinski definition) is 0. The van der Waals surface area contributed by atoms with E-state index in [1.807, 2.05) is 60.7 Å². The summed E-state index contributed by atoms with van der Waals surface area (Å²) in [5, 5.41) is 2.55. The smallest absolute Gasteiger partial charge is 0.164 e. The fourth-order valence-corrected chi connectivity index (χ4v) is 8.15. The second kappa shape index (κ2) is 10.4. The third-order valence-electron chi connectivity index (χ3n) is 10.5. The van der Waals surface area contributed by atoms with Crippen LogP contribution in [0.25, 0.3) is 89.4 Å². The Morgan fingerprint density at radius 1 is 0.367 bits per heavy atom. The lowest BCUT2D eigenvalue weighted by atomic mass is 9.80. The summed E-state index contributed by atoms with van der Waals surface area (Å²) < 4.78 is 0. The molecule has 0 aliphatic heterocycles. The van der Waals surface area contributed by atoms with Gasteiger partial charge in [-0.05, 0) is 72.5 Å². The fourth-order valence-electron chi connectivity index (χ4n) is 8.15. The van der Waals surface area contributed by atoms with E-state index in [4.69, 9.17) is 15.0 Å². The van der Waals surface area contributed by atoms with Crippen molar-refractivity contribution in [1.82, 2.24) is 15.0 Å². The molecule has 0 amide bonds. The van der Waals surface area contributed by atoms with Crippen molar-refractivity contribution in [2.45, 2.75) is 19.3 Å². The van der Waals surface area contributed by atoms with Crippen LogP contribution in [0.4, 0.5) is 0 Å². The molecule has 49 heavy (non-hydrogen) atoms. The number of rotatable bonds is 4. The van der Waals surface area contributed by atoms with Crippen LogP contribution >= 0.6 is 0 Å². The van der Waals surface area contributed by atoms with Gasteiger partial charge in [0.25, 0.3) is 0 Å². The van der Waals surface area contributed by atoms with E-state index in [1.54, 1.807) is 0 Å². The molecule has 0 spiro atoms. The van der Waals surface area contributed by atoms with Crippen LogP contribution in [-0.4, -0.2) is 15.0 Å². The first kappa shape index (κ1) is 27.9. The van der Waals surface area contributed by atoms with Gasteiger partial charge in [-0.15, -0.1) is 0 Å². The maximum absolute atomic E-state index is 5.01. The molecule has 3 heteroatoms. The van der Waals surface area contributed by atoms with Crippen LogP contribution in [0.3, 0.4) is 0 Å². The van der Waals surface area contributed by atoms with Gasteiger partial charge in [-0.1, -0.05) is 159 Å². The summed E-state index contributed by atoms with van der Waals surface area (Å²) in [6.07, 6.45) is 0. The van der Waals surface area contributed by atoms with E-state index in [2.05, 4.69) is 105 Å². The van der Waals surface area contributed by atoms with Gasteiger partial charge in [0.2, 0.25) is 0 Å². The maximum Gasteiger partial charge on any atom is 0.164 e. The van der Waals surface area contributed by atoms with Crippen LogP contribution in [0, 0.1) is 0 Å². The normalized spacial score (nSPS) is 13.3. The van der Waals surface area contributed by atoms with E-state index in [0.717, 1.165) is 22.3 Å². The van der Waals surface area contributed by atoms with Gasteiger partial charge >= 0.3 is 0 Å². The van der Waals surface area contributed by atoms with Crippen LogP contribution < -0.4 is 0 Å². The number of nitrogens with zero attached hydrogens (tertiary/aromatic N) is 3. The summed E-state index contributed by atoms with van der Waals surface area (Å²) in [5.74, 6) is 1.98. The van der Waals surface area contributed by atoms with Crippen LogP contribution in [0.1, 0.15) is 25.0 Å². The molecule has 0 atom stereocenters. The van der Waals surface area contributed by atoms with Crippen molar-refractivity contribution in [3.8, 4) is 78.7 Å². The van der Waals surface area contributed by atoms with Crippen molar-refractivity contribution in [3.05, 3.63) is 163 Å². The van der Waals surface area contributed by atoms with Crippen LogP contribution in [0.15, 0.2) is 152 Å². The molecule has 1 heterocycles. The molecule has 0 N–H and O–H groups in total. The van der Waals surface area contributed by atoms with Crippen LogP contribution in [-0.2, 0) is 5.41 Å². The summed E-state index contributed by atoms with van der Waals surface area (Å²) >= 11 is 0. The highest BCUT2D eigenvalue weighted by Crippen LogP contribution is 2.58. The lowest BCUT2D eigenvalue weighted by Gasteiger charge is -2.23. The third kappa shape index (κ3) is 4.12. The molecular weight excluding hydrogens is 595 g/mol. The van der Waals surface area contributed by atoms with E-state index < -0.39 is 0 Å². The molecule has 0 saturated carbocycles. The fraction of sp³-hybridized carbons (Fsp3) is 0.0652.